The van der Waals surface area contributed by atoms with Crippen molar-refractivity contribution in [1.29, 1.82) is 0 Å². The minimum absolute atomic E-state index is 0.122. The highest BCUT2D eigenvalue weighted by molar-refractivity contribution is 6.32. The Hall–Kier alpha value is -0.890. The minimum Gasteiger partial charge on any atom is -0.506 e. The van der Waals surface area contributed by atoms with Crippen molar-refractivity contribution in [3.8, 4) is 5.75 Å². The molecule has 2 nitrogen and oxygen atoms in total. The molecule has 0 fully saturated rings. The Morgan fingerprint density at radius 2 is 2.23 bits per heavy atom. The Balaban J connectivity index is 2.73. The fraction of sp³-hybridized carbons (Fsp3) is 0.400. The van der Waals surface area contributed by atoms with Crippen LogP contribution in [0, 0.1) is 0 Å². The van der Waals surface area contributed by atoms with Crippen LogP contribution in [0.5, 0.6) is 5.75 Å². The first-order valence-corrected chi connectivity index (χ1v) is 4.76. The van der Waals surface area contributed by atoms with Crippen LogP contribution < -0.4 is 5.32 Å². The highest BCUT2D eigenvalue weighted by Gasteiger charge is 2.01. The monoisotopic (exact) mass is 199 g/mol. The molecule has 1 rings (SSSR count). The van der Waals surface area contributed by atoms with Gasteiger partial charge in [-0.25, -0.2) is 0 Å². The number of halogens is 1. The van der Waals surface area contributed by atoms with Crippen molar-refractivity contribution >= 4 is 17.3 Å². The fourth-order valence-electron chi connectivity index (χ4n) is 0.983. The number of aromatic hydroxyl groups is 1. The average Bonchev–Trinajstić information content (AvgIpc) is 2.11. The molecule has 0 aliphatic rings. The molecule has 0 aliphatic carbocycles. The van der Waals surface area contributed by atoms with E-state index < -0.39 is 0 Å². The predicted molar refractivity (Wildman–Crippen MR) is 56.5 cm³/mol. The van der Waals surface area contributed by atoms with Gasteiger partial charge in [-0.2, -0.15) is 0 Å². The number of anilines is 1. The van der Waals surface area contributed by atoms with E-state index in [1.54, 1.807) is 12.1 Å². The number of phenols is 1. The molecule has 1 aromatic carbocycles. The molecule has 1 aromatic rings. The molecular weight excluding hydrogens is 186 g/mol. The van der Waals surface area contributed by atoms with Gasteiger partial charge >= 0.3 is 0 Å². The normalized spacial score (nSPS) is 12.5. The molecule has 1 atom stereocenters. The topological polar surface area (TPSA) is 32.3 Å². The van der Waals surface area contributed by atoms with E-state index in [9.17, 15) is 5.11 Å². The largest absolute Gasteiger partial charge is 0.506 e. The van der Waals surface area contributed by atoms with Crippen LogP contribution in [0.2, 0.25) is 5.02 Å². The summed E-state index contributed by atoms with van der Waals surface area (Å²) in [7, 11) is 0. The van der Waals surface area contributed by atoms with Crippen molar-refractivity contribution in [3.05, 3.63) is 23.2 Å². The van der Waals surface area contributed by atoms with Gasteiger partial charge in [-0.05, 0) is 31.5 Å². The van der Waals surface area contributed by atoms with Crippen molar-refractivity contribution in [1.82, 2.24) is 0 Å². The van der Waals surface area contributed by atoms with E-state index in [-0.39, 0.29) is 5.75 Å². The molecule has 0 bridgehead atoms. The Morgan fingerprint density at radius 3 is 2.77 bits per heavy atom. The van der Waals surface area contributed by atoms with Crippen LogP contribution in [0.4, 0.5) is 5.69 Å². The second kappa shape index (κ2) is 4.38. The van der Waals surface area contributed by atoms with Crippen LogP contribution in [0.15, 0.2) is 18.2 Å². The number of rotatable bonds is 3. The molecule has 13 heavy (non-hydrogen) atoms. The molecule has 0 aliphatic heterocycles. The zero-order valence-corrected chi connectivity index (χ0v) is 8.60. The molecule has 2 N–H and O–H groups in total. The maximum absolute atomic E-state index is 9.18. The van der Waals surface area contributed by atoms with E-state index in [2.05, 4.69) is 19.2 Å². The summed E-state index contributed by atoms with van der Waals surface area (Å²) in [5.74, 6) is 0.122. The highest BCUT2D eigenvalue weighted by Crippen LogP contribution is 2.26. The lowest BCUT2D eigenvalue weighted by atomic mass is 10.2. The zero-order valence-electron chi connectivity index (χ0n) is 7.84. The van der Waals surface area contributed by atoms with Gasteiger partial charge in [-0.15, -0.1) is 0 Å². The quantitative estimate of drug-likeness (QED) is 0.733. The van der Waals surface area contributed by atoms with E-state index in [1.807, 2.05) is 6.07 Å². The van der Waals surface area contributed by atoms with Crippen LogP contribution in [0.25, 0.3) is 0 Å². The van der Waals surface area contributed by atoms with Crippen molar-refractivity contribution in [2.75, 3.05) is 5.32 Å². The lowest BCUT2D eigenvalue weighted by Gasteiger charge is -2.13. The summed E-state index contributed by atoms with van der Waals surface area (Å²) in [5, 5.41) is 12.8. The van der Waals surface area contributed by atoms with Gasteiger partial charge in [-0.3, -0.25) is 0 Å². The molecule has 0 radical (unpaired) electrons. The summed E-state index contributed by atoms with van der Waals surface area (Å²) in [5.41, 5.74) is 0.942. The fourth-order valence-corrected chi connectivity index (χ4v) is 1.16. The first-order chi connectivity index (χ1) is 6.13. The SMILES string of the molecule is CCC(C)Nc1ccc(O)c(Cl)c1. The second-order valence-corrected chi connectivity index (χ2v) is 3.53. The maximum atomic E-state index is 9.18. The van der Waals surface area contributed by atoms with Gasteiger partial charge in [0.05, 0.1) is 5.02 Å². The van der Waals surface area contributed by atoms with E-state index in [1.165, 1.54) is 0 Å². The Labute approximate surface area is 83.5 Å². The molecule has 72 valence electrons. The van der Waals surface area contributed by atoms with Gasteiger partial charge in [0.15, 0.2) is 0 Å². The Morgan fingerprint density at radius 1 is 1.54 bits per heavy atom. The summed E-state index contributed by atoms with van der Waals surface area (Å²) >= 11 is 5.75. The maximum Gasteiger partial charge on any atom is 0.134 e. The van der Waals surface area contributed by atoms with E-state index in [0.717, 1.165) is 12.1 Å². The van der Waals surface area contributed by atoms with E-state index in [4.69, 9.17) is 11.6 Å². The molecule has 0 saturated carbocycles. The Kier molecular flexibility index (Phi) is 3.43. The minimum atomic E-state index is 0.122. The van der Waals surface area contributed by atoms with E-state index in [0.29, 0.717) is 11.1 Å². The van der Waals surface area contributed by atoms with Crippen LogP contribution in [0.1, 0.15) is 20.3 Å². The molecule has 0 saturated heterocycles. The lowest BCUT2D eigenvalue weighted by Crippen LogP contribution is -2.12. The van der Waals surface area contributed by atoms with Gasteiger partial charge in [0, 0.05) is 11.7 Å². The third kappa shape index (κ3) is 2.81. The zero-order chi connectivity index (χ0) is 9.84. The van der Waals surface area contributed by atoms with Gasteiger partial charge in [0.2, 0.25) is 0 Å². The number of hydrogen-bond donors (Lipinski definition) is 2. The smallest absolute Gasteiger partial charge is 0.134 e. The summed E-state index contributed by atoms with van der Waals surface area (Å²) in [6.07, 6.45) is 1.05. The van der Waals surface area contributed by atoms with Crippen molar-refractivity contribution in [3.63, 3.8) is 0 Å². The second-order valence-electron chi connectivity index (χ2n) is 3.12. The van der Waals surface area contributed by atoms with E-state index >= 15 is 0 Å². The third-order valence-electron chi connectivity index (χ3n) is 1.97. The van der Waals surface area contributed by atoms with Crippen LogP contribution in [0.3, 0.4) is 0 Å². The van der Waals surface area contributed by atoms with Gasteiger partial charge < -0.3 is 10.4 Å². The standard InChI is InChI=1S/C10H14ClNO/c1-3-7(2)12-8-4-5-10(13)9(11)6-8/h4-7,12-13H,3H2,1-2H3. The van der Waals surface area contributed by atoms with Gasteiger partial charge in [0.25, 0.3) is 0 Å². The summed E-state index contributed by atoms with van der Waals surface area (Å²) in [4.78, 5) is 0. The Bertz CT molecular complexity index is 288. The lowest BCUT2D eigenvalue weighted by molar-refractivity contribution is 0.475. The molecule has 0 heterocycles. The first kappa shape index (κ1) is 10.2. The molecular formula is C10H14ClNO. The van der Waals surface area contributed by atoms with Gasteiger partial charge in [0.1, 0.15) is 5.75 Å². The molecule has 0 aromatic heterocycles. The summed E-state index contributed by atoms with van der Waals surface area (Å²) in [6, 6.07) is 5.55. The van der Waals surface area contributed by atoms with Crippen LogP contribution in [-0.2, 0) is 0 Å². The number of benzene rings is 1. The average molecular weight is 200 g/mol. The molecule has 0 spiro atoms. The molecule has 1 unspecified atom stereocenters. The molecule has 0 amide bonds. The highest BCUT2D eigenvalue weighted by atomic mass is 35.5. The van der Waals surface area contributed by atoms with Crippen LogP contribution in [-0.4, -0.2) is 11.1 Å². The number of phenolic OH excluding ortho intramolecular Hbond substituents is 1. The van der Waals surface area contributed by atoms with Gasteiger partial charge in [-0.1, -0.05) is 18.5 Å². The summed E-state index contributed by atoms with van der Waals surface area (Å²) < 4.78 is 0. The first-order valence-electron chi connectivity index (χ1n) is 4.38. The number of nitrogens with one attached hydrogen (secondary N) is 1. The number of hydrogen-bond acceptors (Lipinski definition) is 2. The van der Waals surface area contributed by atoms with Crippen molar-refractivity contribution in [2.45, 2.75) is 26.3 Å². The predicted octanol–water partition coefficient (Wildman–Crippen LogP) is 3.26. The van der Waals surface area contributed by atoms with Crippen molar-refractivity contribution in [2.24, 2.45) is 0 Å². The van der Waals surface area contributed by atoms with Crippen LogP contribution >= 0.6 is 11.6 Å². The summed E-state index contributed by atoms with van der Waals surface area (Å²) in [6.45, 7) is 4.21. The molecule has 3 heteroatoms. The van der Waals surface area contributed by atoms with Crippen molar-refractivity contribution < 1.29 is 5.11 Å². The third-order valence-corrected chi connectivity index (χ3v) is 2.28.